The highest BCUT2D eigenvalue weighted by molar-refractivity contribution is 7.99. The smallest absolute Gasteiger partial charge is 0.0937 e. The van der Waals surface area contributed by atoms with E-state index in [1.807, 2.05) is 18.7 Å². The van der Waals surface area contributed by atoms with E-state index in [1.165, 1.54) is 0 Å². The topological polar surface area (TPSA) is 38.4 Å². The summed E-state index contributed by atoms with van der Waals surface area (Å²) in [6.07, 6.45) is 0.862. The maximum Gasteiger partial charge on any atom is 0.0937 e. The lowest BCUT2D eigenvalue weighted by atomic mass is 10.4. The molecule has 0 aromatic rings. The number of nitrogens with two attached hydrogens (primary N) is 1. The molecule has 0 bridgehead atoms. The third-order valence-corrected chi connectivity index (χ3v) is 2.44. The van der Waals surface area contributed by atoms with Crippen molar-refractivity contribution in [2.75, 3.05) is 11.5 Å². The predicted octanol–water partition coefficient (Wildman–Crippen LogP) is 1.90. The van der Waals surface area contributed by atoms with Gasteiger partial charge in [-0.25, -0.2) is 0 Å². The molecule has 0 saturated heterocycles. The molecule has 0 aliphatic rings. The van der Waals surface area contributed by atoms with Crippen LogP contribution in [0.25, 0.3) is 0 Å². The first kappa shape index (κ1) is 10.8. The van der Waals surface area contributed by atoms with Gasteiger partial charge in [0.2, 0.25) is 0 Å². The van der Waals surface area contributed by atoms with E-state index in [9.17, 15) is 0 Å². The molecule has 2 nitrogen and oxygen atoms in total. The van der Waals surface area contributed by atoms with Crippen LogP contribution in [-0.4, -0.2) is 23.4 Å². The highest BCUT2D eigenvalue weighted by Gasteiger charge is 1.98. The molecule has 0 radical (unpaired) electrons. The molecule has 2 N–H and O–H groups in total. The second-order valence-corrected chi connectivity index (χ2v) is 3.80. The Balaban J connectivity index is 3.57. The lowest BCUT2D eigenvalue weighted by molar-refractivity contribution is 0.840. The van der Waals surface area contributed by atoms with E-state index in [-0.39, 0.29) is 0 Å². The van der Waals surface area contributed by atoms with Gasteiger partial charge in [0.05, 0.1) is 11.9 Å². The molecule has 1 unspecified atom stereocenters. The zero-order valence-electron chi connectivity index (χ0n) is 7.63. The van der Waals surface area contributed by atoms with E-state index in [4.69, 9.17) is 5.73 Å². The number of thioether (sulfide) groups is 1. The standard InChI is InChI=1S/C8H18N2S/c1-4-8(9)10-7(3)6-11-5-2/h7H,4-6H2,1-3H3,(H2,9,10). The molecule has 0 saturated carbocycles. The van der Waals surface area contributed by atoms with E-state index in [2.05, 4.69) is 18.8 Å². The first-order valence-corrected chi connectivity index (χ1v) is 5.26. The second kappa shape index (κ2) is 6.53. The van der Waals surface area contributed by atoms with Gasteiger partial charge in [-0.1, -0.05) is 13.8 Å². The largest absolute Gasteiger partial charge is 0.387 e. The van der Waals surface area contributed by atoms with Crippen LogP contribution in [-0.2, 0) is 0 Å². The first-order chi connectivity index (χ1) is 5.20. The third-order valence-electron chi connectivity index (χ3n) is 1.31. The number of rotatable bonds is 5. The predicted molar refractivity (Wildman–Crippen MR) is 54.4 cm³/mol. The fourth-order valence-corrected chi connectivity index (χ4v) is 1.35. The van der Waals surface area contributed by atoms with Gasteiger partial charge >= 0.3 is 0 Å². The van der Waals surface area contributed by atoms with Gasteiger partial charge in [-0.05, 0) is 12.7 Å². The number of nitrogens with zero attached hydrogens (tertiary/aromatic N) is 1. The van der Waals surface area contributed by atoms with Gasteiger partial charge in [-0.15, -0.1) is 0 Å². The van der Waals surface area contributed by atoms with Gasteiger partial charge in [0.1, 0.15) is 0 Å². The van der Waals surface area contributed by atoms with Crippen molar-refractivity contribution in [3.8, 4) is 0 Å². The molecule has 0 spiro atoms. The van der Waals surface area contributed by atoms with Crippen molar-refractivity contribution in [2.24, 2.45) is 10.7 Å². The molecule has 3 heteroatoms. The summed E-state index contributed by atoms with van der Waals surface area (Å²) in [4.78, 5) is 4.31. The lowest BCUT2D eigenvalue weighted by Gasteiger charge is -2.05. The van der Waals surface area contributed by atoms with Crippen LogP contribution in [0.4, 0.5) is 0 Å². The van der Waals surface area contributed by atoms with Crippen molar-refractivity contribution in [3.63, 3.8) is 0 Å². The van der Waals surface area contributed by atoms with E-state index in [0.717, 1.165) is 23.8 Å². The number of amidine groups is 1. The second-order valence-electron chi connectivity index (χ2n) is 2.48. The fourth-order valence-electron chi connectivity index (χ4n) is 0.700. The van der Waals surface area contributed by atoms with Crippen LogP contribution in [0.5, 0.6) is 0 Å². The summed E-state index contributed by atoms with van der Waals surface area (Å²) >= 11 is 1.91. The van der Waals surface area contributed by atoms with Gasteiger partial charge in [-0.2, -0.15) is 11.8 Å². The fraction of sp³-hybridized carbons (Fsp3) is 0.875. The summed E-state index contributed by atoms with van der Waals surface area (Å²) in [5.74, 6) is 3.01. The monoisotopic (exact) mass is 174 g/mol. The van der Waals surface area contributed by atoms with Gasteiger partial charge < -0.3 is 5.73 Å². The van der Waals surface area contributed by atoms with Crippen molar-refractivity contribution in [2.45, 2.75) is 33.2 Å². The molecule has 0 rings (SSSR count). The van der Waals surface area contributed by atoms with Crippen LogP contribution < -0.4 is 5.73 Å². The normalized spacial score (nSPS) is 15.0. The minimum atomic E-state index is 0.375. The average Bonchev–Trinajstić information content (AvgIpc) is 2.00. The zero-order chi connectivity index (χ0) is 8.69. The Hall–Kier alpha value is -0.180. The minimum absolute atomic E-state index is 0.375. The summed E-state index contributed by atoms with van der Waals surface area (Å²) in [5, 5.41) is 0. The Bertz CT molecular complexity index is 123. The Morgan fingerprint density at radius 2 is 2.18 bits per heavy atom. The molecule has 11 heavy (non-hydrogen) atoms. The highest BCUT2D eigenvalue weighted by atomic mass is 32.2. The van der Waals surface area contributed by atoms with E-state index in [1.54, 1.807) is 0 Å². The van der Waals surface area contributed by atoms with Crippen LogP contribution in [0.3, 0.4) is 0 Å². The molecule has 0 aliphatic carbocycles. The summed E-state index contributed by atoms with van der Waals surface area (Å²) in [5.41, 5.74) is 5.59. The van der Waals surface area contributed by atoms with Gasteiger partial charge in [0, 0.05) is 12.2 Å². The molecular formula is C8H18N2S. The van der Waals surface area contributed by atoms with Crippen LogP contribution in [0.15, 0.2) is 4.99 Å². The van der Waals surface area contributed by atoms with Crippen molar-refractivity contribution in [3.05, 3.63) is 0 Å². The highest BCUT2D eigenvalue weighted by Crippen LogP contribution is 2.04. The van der Waals surface area contributed by atoms with Crippen molar-refractivity contribution in [1.82, 2.24) is 0 Å². The van der Waals surface area contributed by atoms with Gasteiger partial charge in [0.25, 0.3) is 0 Å². The summed E-state index contributed by atoms with van der Waals surface area (Å²) in [6.45, 7) is 6.29. The van der Waals surface area contributed by atoms with Crippen molar-refractivity contribution >= 4 is 17.6 Å². The zero-order valence-corrected chi connectivity index (χ0v) is 8.45. The molecule has 1 atom stereocenters. The number of aliphatic imine (C=N–C) groups is 1. The Labute approximate surface area is 73.7 Å². The quantitative estimate of drug-likeness (QED) is 0.510. The van der Waals surface area contributed by atoms with E-state index >= 15 is 0 Å². The van der Waals surface area contributed by atoms with Crippen LogP contribution in [0.1, 0.15) is 27.2 Å². The maximum atomic E-state index is 5.59. The summed E-state index contributed by atoms with van der Waals surface area (Å²) in [6, 6.07) is 0.375. The van der Waals surface area contributed by atoms with Crippen LogP contribution in [0, 0.1) is 0 Å². The Morgan fingerprint density at radius 1 is 1.55 bits per heavy atom. The van der Waals surface area contributed by atoms with Crippen molar-refractivity contribution in [1.29, 1.82) is 0 Å². The third kappa shape index (κ3) is 6.23. The van der Waals surface area contributed by atoms with E-state index < -0.39 is 0 Å². The van der Waals surface area contributed by atoms with Gasteiger partial charge in [-0.3, -0.25) is 4.99 Å². The molecule has 0 aromatic carbocycles. The molecule has 0 aromatic heterocycles. The number of hydrogen-bond acceptors (Lipinski definition) is 2. The molecule has 0 amide bonds. The molecular weight excluding hydrogens is 156 g/mol. The molecule has 66 valence electrons. The minimum Gasteiger partial charge on any atom is -0.387 e. The maximum absolute atomic E-state index is 5.59. The van der Waals surface area contributed by atoms with Crippen LogP contribution >= 0.6 is 11.8 Å². The molecule has 0 aliphatic heterocycles. The Morgan fingerprint density at radius 3 is 2.64 bits per heavy atom. The van der Waals surface area contributed by atoms with Crippen LogP contribution in [0.2, 0.25) is 0 Å². The van der Waals surface area contributed by atoms with E-state index in [0.29, 0.717) is 6.04 Å². The summed E-state index contributed by atoms with van der Waals surface area (Å²) in [7, 11) is 0. The Kier molecular flexibility index (Phi) is 6.42. The van der Waals surface area contributed by atoms with Crippen molar-refractivity contribution < 1.29 is 0 Å². The molecule has 0 fully saturated rings. The average molecular weight is 174 g/mol. The molecule has 0 heterocycles. The summed E-state index contributed by atoms with van der Waals surface area (Å²) < 4.78 is 0. The lowest BCUT2D eigenvalue weighted by Crippen LogP contribution is -2.15. The number of hydrogen-bond donors (Lipinski definition) is 1. The first-order valence-electron chi connectivity index (χ1n) is 4.10. The van der Waals surface area contributed by atoms with Gasteiger partial charge in [0.15, 0.2) is 0 Å². The SMILES string of the molecule is CCSCC(C)N=C(N)CC.